The van der Waals surface area contributed by atoms with E-state index in [-0.39, 0.29) is 23.1 Å². The van der Waals surface area contributed by atoms with E-state index in [1.165, 1.54) is 5.56 Å². The predicted octanol–water partition coefficient (Wildman–Crippen LogP) is 6.46. The quantitative estimate of drug-likeness (QED) is 0.306. The zero-order valence-electron chi connectivity index (χ0n) is 19.8. The van der Waals surface area contributed by atoms with Gasteiger partial charge in [-0.25, -0.2) is 0 Å². The molecule has 0 aromatic heterocycles. The van der Waals surface area contributed by atoms with E-state index < -0.39 is 5.79 Å². The molecular formula is C26H41NO3. The molecule has 1 heterocycles. The molecule has 1 aromatic rings. The normalized spacial score (nSPS) is 30.0. The van der Waals surface area contributed by atoms with Gasteiger partial charge in [-0.15, -0.1) is 13.2 Å². The van der Waals surface area contributed by atoms with Crippen LogP contribution in [0.3, 0.4) is 0 Å². The van der Waals surface area contributed by atoms with Gasteiger partial charge in [-0.05, 0) is 39.2 Å². The standard InChI is InChI=1S/C26H41NO3/c1-9-18-28-26(29-19-10-2)20-24(7,11-3)27(25(8,12-4)22(26)6)30-21(5)23-16-14-13-15-17-23/h9-10,13-17,21-22H,1-2,11-12,18-20H2,3-8H3. The molecule has 1 aliphatic heterocycles. The van der Waals surface area contributed by atoms with Crippen LogP contribution in [0, 0.1) is 5.92 Å². The van der Waals surface area contributed by atoms with Gasteiger partial charge in [0.25, 0.3) is 0 Å². The Morgan fingerprint density at radius 3 is 2.10 bits per heavy atom. The molecule has 0 spiro atoms. The fraction of sp³-hybridized carbons (Fsp3) is 0.615. The number of hydroxylamine groups is 2. The number of ether oxygens (including phenoxy) is 2. The lowest BCUT2D eigenvalue weighted by Crippen LogP contribution is -2.72. The predicted molar refractivity (Wildman–Crippen MR) is 124 cm³/mol. The van der Waals surface area contributed by atoms with E-state index in [2.05, 4.69) is 84.0 Å². The smallest absolute Gasteiger partial charge is 0.175 e. The van der Waals surface area contributed by atoms with E-state index in [4.69, 9.17) is 14.3 Å². The third-order valence-electron chi connectivity index (χ3n) is 7.08. The van der Waals surface area contributed by atoms with E-state index in [1.54, 1.807) is 12.2 Å². The van der Waals surface area contributed by atoms with Crippen LogP contribution in [0.25, 0.3) is 0 Å². The Labute approximate surface area is 183 Å². The summed E-state index contributed by atoms with van der Waals surface area (Å²) in [6.07, 6.45) is 6.05. The Balaban J connectivity index is 2.48. The van der Waals surface area contributed by atoms with Crippen LogP contribution in [0.2, 0.25) is 0 Å². The average molecular weight is 416 g/mol. The lowest BCUT2D eigenvalue weighted by atomic mass is 9.67. The van der Waals surface area contributed by atoms with Crippen LogP contribution in [-0.4, -0.2) is 35.1 Å². The summed E-state index contributed by atoms with van der Waals surface area (Å²) in [6.45, 7) is 21.9. The molecule has 1 aromatic carbocycles. The monoisotopic (exact) mass is 415 g/mol. The number of rotatable bonds is 11. The first-order chi connectivity index (χ1) is 14.2. The Morgan fingerprint density at radius 2 is 1.63 bits per heavy atom. The van der Waals surface area contributed by atoms with Crippen molar-refractivity contribution < 1.29 is 14.3 Å². The average Bonchev–Trinajstić information content (AvgIpc) is 2.77. The maximum atomic E-state index is 6.74. The van der Waals surface area contributed by atoms with Crippen molar-refractivity contribution in [2.75, 3.05) is 13.2 Å². The first kappa shape index (κ1) is 24.8. The Kier molecular flexibility index (Phi) is 8.46. The molecule has 4 heteroatoms. The molecule has 2 rings (SSSR count). The van der Waals surface area contributed by atoms with E-state index >= 15 is 0 Å². The minimum absolute atomic E-state index is 0.0502. The van der Waals surface area contributed by atoms with Crippen molar-refractivity contribution in [3.05, 3.63) is 61.2 Å². The molecule has 1 aliphatic rings. The van der Waals surface area contributed by atoms with E-state index in [0.29, 0.717) is 19.6 Å². The summed E-state index contributed by atoms with van der Waals surface area (Å²) in [4.78, 5) is 6.74. The highest BCUT2D eigenvalue weighted by Crippen LogP contribution is 2.53. The van der Waals surface area contributed by atoms with Gasteiger partial charge in [0.1, 0.15) is 6.10 Å². The zero-order chi connectivity index (χ0) is 22.4. The maximum absolute atomic E-state index is 6.74. The maximum Gasteiger partial charge on any atom is 0.175 e. The van der Waals surface area contributed by atoms with Crippen LogP contribution >= 0.6 is 0 Å². The first-order valence-electron chi connectivity index (χ1n) is 11.2. The summed E-state index contributed by atoms with van der Waals surface area (Å²) in [5.74, 6) is -0.661. The zero-order valence-corrected chi connectivity index (χ0v) is 19.8. The number of benzene rings is 1. The summed E-state index contributed by atoms with van der Waals surface area (Å²) in [5.41, 5.74) is 0.626. The van der Waals surface area contributed by atoms with Crippen molar-refractivity contribution in [2.45, 2.75) is 83.8 Å². The topological polar surface area (TPSA) is 30.9 Å². The lowest BCUT2D eigenvalue weighted by molar-refractivity contribution is -0.393. The molecule has 4 unspecified atom stereocenters. The van der Waals surface area contributed by atoms with Gasteiger partial charge in [0, 0.05) is 17.9 Å². The fourth-order valence-corrected chi connectivity index (χ4v) is 4.72. The molecule has 0 aliphatic carbocycles. The van der Waals surface area contributed by atoms with Gasteiger partial charge in [0.15, 0.2) is 5.79 Å². The van der Waals surface area contributed by atoms with Gasteiger partial charge >= 0.3 is 0 Å². The Morgan fingerprint density at radius 1 is 1.07 bits per heavy atom. The van der Waals surface area contributed by atoms with Crippen LogP contribution < -0.4 is 0 Å². The number of piperidine rings is 1. The molecule has 4 atom stereocenters. The minimum Gasteiger partial charge on any atom is -0.345 e. The molecule has 4 nitrogen and oxygen atoms in total. The molecule has 0 bridgehead atoms. The molecule has 0 saturated carbocycles. The largest absolute Gasteiger partial charge is 0.345 e. The molecule has 30 heavy (non-hydrogen) atoms. The highest BCUT2D eigenvalue weighted by molar-refractivity contribution is 5.17. The molecular weight excluding hydrogens is 374 g/mol. The van der Waals surface area contributed by atoms with Crippen molar-refractivity contribution in [2.24, 2.45) is 5.92 Å². The van der Waals surface area contributed by atoms with Crippen molar-refractivity contribution in [1.29, 1.82) is 0 Å². The second-order valence-electron chi connectivity index (χ2n) is 8.92. The number of hydrogen-bond acceptors (Lipinski definition) is 4. The molecule has 168 valence electrons. The van der Waals surface area contributed by atoms with Crippen LogP contribution in [0.5, 0.6) is 0 Å². The van der Waals surface area contributed by atoms with Crippen molar-refractivity contribution in [3.63, 3.8) is 0 Å². The van der Waals surface area contributed by atoms with Crippen molar-refractivity contribution in [3.8, 4) is 0 Å². The highest BCUT2D eigenvalue weighted by Gasteiger charge is 2.62. The van der Waals surface area contributed by atoms with Crippen LogP contribution in [0.4, 0.5) is 0 Å². The van der Waals surface area contributed by atoms with E-state index in [9.17, 15) is 0 Å². The fourth-order valence-electron chi connectivity index (χ4n) is 4.72. The lowest BCUT2D eigenvalue weighted by Gasteiger charge is -2.63. The molecule has 0 amide bonds. The second kappa shape index (κ2) is 10.2. The third kappa shape index (κ3) is 4.72. The molecule has 1 fully saturated rings. The summed E-state index contributed by atoms with van der Waals surface area (Å²) in [7, 11) is 0. The third-order valence-corrected chi connectivity index (χ3v) is 7.08. The van der Waals surface area contributed by atoms with Gasteiger partial charge in [-0.2, -0.15) is 5.06 Å². The Hall–Kier alpha value is -1.46. The van der Waals surface area contributed by atoms with Gasteiger partial charge in [0.05, 0.1) is 18.8 Å². The van der Waals surface area contributed by atoms with Gasteiger partial charge in [-0.1, -0.05) is 63.3 Å². The summed E-state index contributed by atoms with van der Waals surface area (Å²) < 4.78 is 12.8. The molecule has 1 saturated heterocycles. The highest BCUT2D eigenvalue weighted by atomic mass is 16.7. The summed E-state index contributed by atoms with van der Waals surface area (Å²) in [5, 5.41) is 2.26. The summed E-state index contributed by atoms with van der Waals surface area (Å²) >= 11 is 0. The van der Waals surface area contributed by atoms with Gasteiger partial charge in [-0.3, -0.25) is 4.84 Å². The first-order valence-corrected chi connectivity index (χ1v) is 11.2. The van der Waals surface area contributed by atoms with Gasteiger partial charge < -0.3 is 9.47 Å². The van der Waals surface area contributed by atoms with Crippen molar-refractivity contribution >= 4 is 0 Å². The van der Waals surface area contributed by atoms with E-state index in [0.717, 1.165) is 12.8 Å². The number of hydrogen-bond donors (Lipinski definition) is 0. The van der Waals surface area contributed by atoms with E-state index in [1.807, 2.05) is 6.07 Å². The molecule has 0 radical (unpaired) electrons. The molecule has 0 N–H and O–H groups in total. The van der Waals surface area contributed by atoms with Crippen LogP contribution in [0.15, 0.2) is 55.6 Å². The number of nitrogens with zero attached hydrogens (tertiary/aromatic N) is 1. The Bertz CT molecular complexity index is 679. The summed E-state index contributed by atoms with van der Waals surface area (Å²) in [6, 6.07) is 10.4. The minimum atomic E-state index is -0.728. The van der Waals surface area contributed by atoms with Crippen LogP contribution in [-0.2, 0) is 14.3 Å². The van der Waals surface area contributed by atoms with Crippen LogP contribution in [0.1, 0.15) is 72.5 Å². The van der Waals surface area contributed by atoms with Gasteiger partial charge in [0.2, 0.25) is 0 Å². The second-order valence-corrected chi connectivity index (χ2v) is 8.92. The van der Waals surface area contributed by atoms with Crippen molar-refractivity contribution in [1.82, 2.24) is 5.06 Å². The SMILES string of the molecule is C=CCOC1(OCC=C)CC(C)(CC)N(OC(C)c2ccccc2)C(C)(CC)C1C.